The third-order valence-corrected chi connectivity index (χ3v) is 1.98. The predicted molar refractivity (Wildman–Crippen MR) is 48.0 cm³/mol. The van der Waals surface area contributed by atoms with Crippen molar-refractivity contribution in [3.8, 4) is 11.8 Å². The zero-order valence-electron chi connectivity index (χ0n) is 7.43. The Kier molecular flexibility index (Phi) is 2.15. The summed E-state index contributed by atoms with van der Waals surface area (Å²) in [4.78, 5) is 14.5. The van der Waals surface area contributed by atoms with Gasteiger partial charge in [-0.1, -0.05) is 0 Å². The van der Waals surface area contributed by atoms with Gasteiger partial charge in [0.25, 0.3) is 0 Å². The molecule has 1 aromatic heterocycles. The molecule has 1 heterocycles. The maximum atomic E-state index is 10.7. The zero-order chi connectivity index (χ0) is 9.97. The Morgan fingerprint density at radius 1 is 1.64 bits per heavy atom. The summed E-state index contributed by atoms with van der Waals surface area (Å²) in [6, 6.07) is 3.46. The fraction of sp³-hybridized carbons (Fsp3) is 0.300. The fourth-order valence-corrected chi connectivity index (χ4v) is 1.11. The van der Waals surface area contributed by atoms with E-state index in [1.165, 1.54) is 6.20 Å². The quantitative estimate of drug-likeness (QED) is 0.671. The number of hydrogen-bond acceptors (Lipinski definition) is 4. The lowest BCUT2D eigenvalue weighted by molar-refractivity contribution is 0.111. The normalized spacial score (nSPS) is 14.5. The highest BCUT2D eigenvalue weighted by atomic mass is 16.5. The van der Waals surface area contributed by atoms with Crippen molar-refractivity contribution in [1.29, 1.82) is 5.26 Å². The molecule has 0 bridgehead atoms. The van der Waals surface area contributed by atoms with Crippen molar-refractivity contribution in [2.45, 2.75) is 18.9 Å². The van der Waals surface area contributed by atoms with Gasteiger partial charge in [-0.05, 0) is 18.9 Å². The highest BCUT2D eigenvalue weighted by Crippen LogP contribution is 2.30. The molecule has 1 saturated carbocycles. The van der Waals surface area contributed by atoms with E-state index in [-0.39, 0.29) is 11.8 Å². The third kappa shape index (κ3) is 1.57. The lowest BCUT2D eigenvalue weighted by Gasteiger charge is -2.07. The summed E-state index contributed by atoms with van der Waals surface area (Å²) in [6.45, 7) is 0. The number of aromatic nitrogens is 1. The van der Waals surface area contributed by atoms with Crippen molar-refractivity contribution in [2.75, 3.05) is 0 Å². The largest absolute Gasteiger partial charge is 0.487 e. The number of nitriles is 1. The van der Waals surface area contributed by atoms with Gasteiger partial charge in [-0.25, -0.2) is 4.98 Å². The molecule has 2 rings (SSSR count). The number of rotatable bonds is 3. The first-order valence-corrected chi connectivity index (χ1v) is 4.36. The molecule has 0 unspecified atom stereocenters. The van der Waals surface area contributed by atoms with Gasteiger partial charge in [-0.3, -0.25) is 4.79 Å². The Hall–Kier alpha value is -1.89. The van der Waals surface area contributed by atoms with Crippen LogP contribution in [-0.4, -0.2) is 17.4 Å². The molecule has 0 aromatic carbocycles. The first-order valence-electron chi connectivity index (χ1n) is 4.36. The van der Waals surface area contributed by atoms with E-state index in [2.05, 4.69) is 4.98 Å². The number of aldehydes is 1. The van der Waals surface area contributed by atoms with E-state index >= 15 is 0 Å². The van der Waals surface area contributed by atoms with Gasteiger partial charge in [0.05, 0.1) is 11.7 Å². The topological polar surface area (TPSA) is 63.0 Å². The van der Waals surface area contributed by atoms with Crippen LogP contribution in [-0.2, 0) is 0 Å². The van der Waals surface area contributed by atoms with Crippen LogP contribution in [0.3, 0.4) is 0 Å². The summed E-state index contributed by atoms with van der Waals surface area (Å²) < 4.78 is 5.45. The van der Waals surface area contributed by atoms with Crippen LogP contribution in [0.4, 0.5) is 0 Å². The summed E-state index contributed by atoms with van der Waals surface area (Å²) in [5.74, 6) is 0.326. The van der Waals surface area contributed by atoms with Crippen LogP contribution in [0.1, 0.15) is 28.9 Å². The molecule has 0 saturated heterocycles. The number of pyridine rings is 1. The summed E-state index contributed by atoms with van der Waals surface area (Å²) in [7, 11) is 0. The molecule has 0 aliphatic heterocycles. The molecule has 0 atom stereocenters. The molecule has 1 aliphatic rings. The van der Waals surface area contributed by atoms with Crippen molar-refractivity contribution in [3.05, 3.63) is 23.5 Å². The summed E-state index contributed by atoms with van der Waals surface area (Å²) >= 11 is 0. The van der Waals surface area contributed by atoms with Crippen molar-refractivity contribution in [2.24, 2.45) is 0 Å². The van der Waals surface area contributed by atoms with Crippen LogP contribution >= 0.6 is 0 Å². The molecule has 70 valence electrons. The van der Waals surface area contributed by atoms with Gasteiger partial charge in [-0.2, -0.15) is 5.26 Å². The highest BCUT2D eigenvalue weighted by Gasteiger charge is 2.26. The van der Waals surface area contributed by atoms with Crippen LogP contribution in [0.2, 0.25) is 0 Å². The van der Waals surface area contributed by atoms with Crippen molar-refractivity contribution in [1.82, 2.24) is 4.98 Å². The standard InChI is InChI=1S/C10H8N2O2/c11-5-9-10(14-8-1-2-8)7(6-13)3-4-12-9/h3-4,6,8H,1-2H2. The number of hydrogen-bond donors (Lipinski definition) is 0. The van der Waals surface area contributed by atoms with Crippen molar-refractivity contribution in [3.63, 3.8) is 0 Å². The van der Waals surface area contributed by atoms with Crippen molar-refractivity contribution >= 4 is 6.29 Å². The minimum atomic E-state index is 0.157. The Morgan fingerprint density at radius 2 is 2.43 bits per heavy atom. The Balaban J connectivity index is 2.40. The maximum absolute atomic E-state index is 10.7. The maximum Gasteiger partial charge on any atom is 0.183 e. The van der Waals surface area contributed by atoms with Gasteiger partial charge < -0.3 is 4.74 Å². The van der Waals surface area contributed by atoms with Crippen LogP contribution < -0.4 is 4.74 Å². The SMILES string of the molecule is N#Cc1nccc(C=O)c1OC1CC1. The molecule has 4 nitrogen and oxygen atoms in total. The van der Waals surface area contributed by atoms with E-state index in [0.29, 0.717) is 17.6 Å². The van der Waals surface area contributed by atoms with Gasteiger partial charge in [0.15, 0.2) is 17.7 Å². The summed E-state index contributed by atoms with van der Waals surface area (Å²) in [6.07, 6.45) is 4.24. The molecular formula is C10H8N2O2. The number of carbonyl (C=O) groups is 1. The van der Waals surface area contributed by atoms with E-state index in [1.807, 2.05) is 6.07 Å². The monoisotopic (exact) mass is 188 g/mol. The van der Waals surface area contributed by atoms with Crippen LogP contribution in [0.5, 0.6) is 5.75 Å². The third-order valence-electron chi connectivity index (χ3n) is 1.98. The van der Waals surface area contributed by atoms with Crippen LogP contribution in [0.15, 0.2) is 12.3 Å². The Labute approximate surface area is 81.1 Å². The van der Waals surface area contributed by atoms with E-state index in [9.17, 15) is 4.79 Å². The molecule has 0 amide bonds. The summed E-state index contributed by atoms with van der Waals surface area (Å²) in [5.41, 5.74) is 0.574. The number of carbonyl (C=O) groups excluding carboxylic acids is 1. The fourth-order valence-electron chi connectivity index (χ4n) is 1.11. The second-order valence-corrected chi connectivity index (χ2v) is 3.12. The van der Waals surface area contributed by atoms with Gasteiger partial charge in [0.2, 0.25) is 0 Å². The molecule has 1 aromatic rings. The Morgan fingerprint density at radius 3 is 3.00 bits per heavy atom. The molecule has 1 fully saturated rings. The van der Waals surface area contributed by atoms with Gasteiger partial charge >= 0.3 is 0 Å². The smallest absolute Gasteiger partial charge is 0.183 e. The second kappa shape index (κ2) is 3.46. The van der Waals surface area contributed by atoms with E-state index < -0.39 is 0 Å². The highest BCUT2D eigenvalue weighted by molar-refractivity contribution is 5.80. The lowest BCUT2D eigenvalue weighted by atomic mass is 10.2. The van der Waals surface area contributed by atoms with E-state index in [1.54, 1.807) is 6.07 Å². The minimum Gasteiger partial charge on any atom is -0.487 e. The molecule has 1 aliphatic carbocycles. The second-order valence-electron chi connectivity index (χ2n) is 3.12. The lowest BCUT2D eigenvalue weighted by Crippen LogP contribution is -2.03. The number of ether oxygens (including phenoxy) is 1. The number of nitrogens with zero attached hydrogens (tertiary/aromatic N) is 2. The minimum absolute atomic E-state index is 0.157. The van der Waals surface area contributed by atoms with E-state index in [4.69, 9.17) is 10.00 Å². The molecule has 0 spiro atoms. The first kappa shape index (κ1) is 8.70. The van der Waals surface area contributed by atoms with Gasteiger partial charge in [-0.15, -0.1) is 0 Å². The van der Waals surface area contributed by atoms with E-state index in [0.717, 1.165) is 12.8 Å². The Bertz CT molecular complexity index is 405. The molecular weight excluding hydrogens is 180 g/mol. The van der Waals surface area contributed by atoms with Crippen LogP contribution in [0.25, 0.3) is 0 Å². The predicted octanol–water partition coefficient (Wildman–Crippen LogP) is 1.31. The van der Waals surface area contributed by atoms with Crippen molar-refractivity contribution < 1.29 is 9.53 Å². The van der Waals surface area contributed by atoms with Gasteiger partial charge in [0, 0.05) is 6.20 Å². The van der Waals surface area contributed by atoms with Gasteiger partial charge in [0.1, 0.15) is 6.07 Å². The average Bonchev–Trinajstić information content (AvgIpc) is 3.02. The van der Waals surface area contributed by atoms with Crippen LogP contribution in [0, 0.1) is 11.3 Å². The average molecular weight is 188 g/mol. The zero-order valence-corrected chi connectivity index (χ0v) is 7.43. The molecule has 14 heavy (non-hydrogen) atoms. The molecule has 0 N–H and O–H groups in total. The molecule has 0 radical (unpaired) electrons. The molecule has 4 heteroatoms. The first-order chi connectivity index (χ1) is 6.85. The summed E-state index contributed by atoms with van der Waals surface area (Å²) in [5, 5.41) is 8.76.